The van der Waals surface area contributed by atoms with Gasteiger partial charge in [-0.15, -0.1) is 0 Å². The number of nitrogens with zero attached hydrogens (tertiary/aromatic N) is 5. The molecule has 1 amide bonds. The molecular formula is C23H30N6O3. The first-order valence-electron chi connectivity index (χ1n) is 11.0. The number of amides is 1. The first-order valence-corrected chi connectivity index (χ1v) is 11.0. The summed E-state index contributed by atoms with van der Waals surface area (Å²) in [5, 5.41) is 7.20. The van der Waals surface area contributed by atoms with Gasteiger partial charge in [0.2, 0.25) is 5.91 Å². The molecule has 1 fully saturated rings. The van der Waals surface area contributed by atoms with Crippen LogP contribution in [0.5, 0.6) is 5.75 Å². The molecule has 1 aliphatic heterocycles. The van der Waals surface area contributed by atoms with Crippen molar-refractivity contribution in [2.75, 3.05) is 39.5 Å². The van der Waals surface area contributed by atoms with Crippen molar-refractivity contribution in [3.63, 3.8) is 0 Å². The van der Waals surface area contributed by atoms with Gasteiger partial charge in [-0.3, -0.25) is 9.69 Å². The summed E-state index contributed by atoms with van der Waals surface area (Å²) in [6.07, 6.45) is 2.49. The number of rotatable bonds is 9. The van der Waals surface area contributed by atoms with Crippen molar-refractivity contribution in [2.24, 2.45) is 0 Å². The monoisotopic (exact) mass is 438 g/mol. The summed E-state index contributed by atoms with van der Waals surface area (Å²) < 4.78 is 13.0. The molecule has 0 atom stereocenters. The Balaban J connectivity index is 1.24. The maximum Gasteiger partial charge on any atom is 0.252 e. The van der Waals surface area contributed by atoms with Crippen LogP contribution in [0.25, 0.3) is 5.78 Å². The van der Waals surface area contributed by atoms with Crippen LogP contribution >= 0.6 is 0 Å². The fraction of sp³-hybridized carbons (Fsp3) is 0.478. The number of fused-ring (bicyclic) bond motifs is 1. The van der Waals surface area contributed by atoms with Crippen molar-refractivity contribution in [3.8, 4) is 5.75 Å². The van der Waals surface area contributed by atoms with Crippen LogP contribution in [0.4, 0.5) is 0 Å². The quantitative estimate of drug-likeness (QED) is 0.543. The topological polar surface area (TPSA) is 93.9 Å². The maximum absolute atomic E-state index is 12.4. The van der Waals surface area contributed by atoms with E-state index in [9.17, 15) is 4.79 Å². The smallest absolute Gasteiger partial charge is 0.252 e. The molecule has 1 saturated heterocycles. The highest BCUT2D eigenvalue weighted by molar-refractivity contribution is 5.76. The molecule has 1 aromatic carbocycles. The molecule has 170 valence electrons. The van der Waals surface area contributed by atoms with Gasteiger partial charge in [-0.2, -0.15) is 10.1 Å². The van der Waals surface area contributed by atoms with Gasteiger partial charge in [0.25, 0.3) is 5.78 Å². The third-order valence-electron chi connectivity index (χ3n) is 5.76. The van der Waals surface area contributed by atoms with Crippen LogP contribution in [0.2, 0.25) is 0 Å². The van der Waals surface area contributed by atoms with E-state index >= 15 is 0 Å². The van der Waals surface area contributed by atoms with Gasteiger partial charge in [0, 0.05) is 44.0 Å². The van der Waals surface area contributed by atoms with Crippen LogP contribution in [0.15, 0.2) is 30.6 Å². The number of carbonyl (C=O) groups excluding carboxylic acids is 1. The molecule has 2 aromatic heterocycles. The van der Waals surface area contributed by atoms with Crippen LogP contribution in [0, 0.1) is 13.8 Å². The van der Waals surface area contributed by atoms with Gasteiger partial charge in [-0.25, -0.2) is 9.50 Å². The molecule has 4 rings (SSSR count). The third-order valence-corrected chi connectivity index (χ3v) is 5.76. The number of aryl methyl sites for hydroxylation is 2. The number of morpholine rings is 1. The Morgan fingerprint density at radius 3 is 2.94 bits per heavy atom. The SMILES string of the molecule is Cc1nc2ncnn2c(C)c1CCC(=O)NCc1cccc(OCCN2CCOCC2)c1. The molecule has 0 spiro atoms. The lowest BCUT2D eigenvalue weighted by molar-refractivity contribution is -0.121. The van der Waals surface area contributed by atoms with Crippen molar-refractivity contribution < 1.29 is 14.3 Å². The van der Waals surface area contributed by atoms with Crippen LogP contribution in [-0.2, 0) is 22.5 Å². The van der Waals surface area contributed by atoms with E-state index in [1.165, 1.54) is 6.33 Å². The van der Waals surface area contributed by atoms with E-state index < -0.39 is 0 Å². The predicted molar refractivity (Wildman–Crippen MR) is 120 cm³/mol. The molecule has 0 unspecified atom stereocenters. The zero-order valence-corrected chi connectivity index (χ0v) is 18.7. The highest BCUT2D eigenvalue weighted by Gasteiger charge is 2.13. The predicted octanol–water partition coefficient (Wildman–Crippen LogP) is 1.70. The van der Waals surface area contributed by atoms with Gasteiger partial charge in [0.05, 0.1) is 13.2 Å². The maximum atomic E-state index is 12.4. The second-order valence-corrected chi connectivity index (χ2v) is 7.96. The first-order chi connectivity index (χ1) is 15.6. The van der Waals surface area contributed by atoms with Crippen molar-refractivity contribution in [1.82, 2.24) is 29.8 Å². The Morgan fingerprint density at radius 1 is 1.25 bits per heavy atom. The molecule has 0 saturated carbocycles. The van der Waals surface area contributed by atoms with E-state index in [-0.39, 0.29) is 5.91 Å². The molecule has 0 bridgehead atoms. The average molecular weight is 439 g/mol. The molecule has 0 radical (unpaired) electrons. The normalized spacial score (nSPS) is 14.6. The van der Waals surface area contributed by atoms with Crippen molar-refractivity contribution in [1.29, 1.82) is 0 Å². The molecule has 3 aromatic rings. The van der Waals surface area contributed by atoms with E-state index in [4.69, 9.17) is 9.47 Å². The van der Waals surface area contributed by atoms with E-state index in [2.05, 4.69) is 25.3 Å². The van der Waals surface area contributed by atoms with Gasteiger partial charge < -0.3 is 14.8 Å². The van der Waals surface area contributed by atoms with Gasteiger partial charge >= 0.3 is 0 Å². The number of hydrogen-bond acceptors (Lipinski definition) is 7. The van der Waals surface area contributed by atoms with Gasteiger partial charge in [-0.05, 0) is 43.5 Å². The Morgan fingerprint density at radius 2 is 2.09 bits per heavy atom. The highest BCUT2D eigenvalue weighted by Crippen LogP contribution is 2.16. The van der Waals surface area contributed by atoms with Crippen molar-refractivity contribution >= 4 is 11.7 Å². The van der Waals surface area contributed by atoms with Gasteiger partial charge in [-0.1, -0.05) is 12.1 Å². The van der Waals surface area contributed by atoms with E-state index in [1.54, 1.807) is 4.52 Å². The second kappa shape index (κ2) is 10.5. The first kappa shape index (κ1) is 22.2. The number of ether oxygens (including phenoxy) is 2. The van der Waals surface area contributed by atoms with Gasteiger partial charge in [0.15, 0.2) is 0 Å². The average Bonchev–Trinajstić information content (AvgIpc) is 3.27. The fourth-order valence-corrected chi connectivity index (χ4v) is 3.91. The molecule has 1 aliphatic rings. The van der Waals surface area contributed by atoms with Crippen LogP contribution in [0.1, 0.15) is 28.9 Å². The molecule has 9 nitrogen and oxygen atoms in total. The third kappa shape index (κ3) is 5.60. The van der Waals surface area contributed by atoms with Crippen LogP contribution in [0.3, 0.4) is 0 Å². The molecule has 32 heavy (non-hydrogen) atoms. The summed E-state index contributed by atoms with van der Waals surface area (Å²) in [6, 6.07) is 7.88. The van der Waals surface area contributed by atoms with Gasteiger partial charge in [0.1, 0.15) is 18.7 Å². The zero-order chi connectivity index (χ0) is 22.3. The van der Waals surface area contributed by atoms with E-state index in [0.29, 0.717) is 31.8 Å². The van der Waals surface area contributed by atoms with Crippen molar-refractivity contribution in [3.05, 3.63) is 53.1 Å². The molecule has 9 heteroatoms. The lowest BCUT2D eigenvalue weighted by Crippen LogP contribution is -2.38. The Bertz CT molecular complexity index is 1060. The summed E-state index contributed by atoms with van der Waals surface area (Å²) in [5.74, 6) is 1.41. The highest BCUT2D eigenvalue weighted by atomic mass is 16.5. The standard InChI is InChI=1S/C23H30N6O3/c1-17-21(18(2)29-23(27-17)25-16-26-29)6-7-22(30)24-15-19-4-3-5-20(14-19)32-13-10-28-8-11-31-12-9-28/h3-5,14,16H,6-13,15H2,1-2H3,(H,24,30). The Labute approximate surface area is 187 Å². The summed E-state index contributed by atoms with van der Waals surface area (Å²) in [4.78, 5) is 23.4. The molecule has 0 aliphatic carbocycles. The molecule has 1 N–H and O–H groups in total. The number of hydrogen-bond donors (Lipinski definition) is 1. The van der Waals surface area contributed by atoms with Crippen LogP contribution in [-0.4, -0.2) is 69.8 Å². The lowest BCUT2D eigenvalue weighted by atomic mass is 10.1. The zero-order valence-electron chi connectivity index (χ0n) is 18.7. The van der Waals surface area contributed by atoms with Crippen LogP contribution < -0.4 is 10.1 Å². The Kier molecular flexibility index (Phi) is 7.28. The second-order valence-electron chi connectivity index (χ2n) is 7.96. The summed E-state index contributed by atoms with van der Waals surface area (Å²) in [6.45, 7) is 9.41. The van der Waals surface area contributed by atoms with E-state index in [1.807, 2.05) is 38.1 Å². The summed E-state index contributed by atoms with van der Waals surface area (Å²) in [7, 11) is 0. The summed E-state index contributed by atoms with van der Waals surface area (Å²) >= 11 is 0. The summed E-state index contributed by atoms with van der Waals surface area (Å²) in [5.41, 5.74) is 3.91. The minimum atomic E-state index is 0.00104. The molecular weight excluding hydrogens is 408 g/mol. The fourth-order valence-electron chi connectivity index (χ4n) is 3.91. The minimum Gasteiger partial charge on any atom is -0.492 e. The lowest BCUT2D eigenvalue weighted by Gasteiger charge is -2.26. The van der Waals surface area contributed by atoms with E-state index in [0.717, 1.165) is 61.1 Å². The minimum absolute atomic E-state index is 0.00104. The Hall–Kier alpha value is -3.04. The number of carbonyl (C=O) groups is 1. The van der Waals surface area contributed by atoms with Crippen molar-refractivity contribution in [2.45, 2.75) is 33.2 Å². The number of aromatic nitrogens is 4. The molecule has 3 heterocycles. The number of nitrogens with one attached hydrogen (secondary N) is 1. The number of benzene rings is 1. The largest absolute Gasteiger partial charge is 0.492 e.